The highest BCUT2D eigenvalue weighted by atomic mass is 16.2. The fraction of sp³-hybridized carbons (Fsp3) is 0.143. The van der Waals surface area contributed by atoms with Gasteiger partial charge in [0.15, 0.2) is 5.69 Å². The third-order valence-corrected chi connectivity index (χ3v) is 2.67. The second-order valence-electron chi connectivity index (χ2n) is 4.44. The van der Waals surface area contributed by atoms with Crippen molar-refractivity contribution >= 4 is 11.8 Å². The highest BCUT2D eigenvalue weighted by Gasteiger charge is 2.13. The molecule has 0 aliphatic carbocycles. The molecule has 21 heavy (non-hydrogen) atoms. The monoisotopic (exact) mass is 286 g/mol. The molecule has 1 heterocycles. The molecule has 1 aromatic heterocycles. The van der Waals surface area contributed by atoms with Crippen molar-refractivity contribution in [1.29, 1.82) is 0 Å². The molecule has 0 aliphatic heterocycles. The number of hydrogen-bond acceptors (Lipinski definition) is 4. The number of aryl methyl sites for hydroxylation is 1. The van der Waals surface area contributed by atoms with Crippen LogP contribution in [0.1, 0.15) is 23.0 Å². The Morgan fingerprint density at radius 1 is 1.10 bits per heavy atom. The molecular formula is C14H14N4O3. The number of nitrogens with zero attached hydrogens (tertiary/aromatic N) is 2. The minimum absolute atomic E-state index is 0.299. The molecule has 7 heteroatoms. The summed E-state index contributed by atoms with van der Waals surface area (Å²) in [5.74, 6) is -1.21. The van der Waals surface area contributed by atoms with Crippen LogP contribution in [0, 0.1) is 6.92 Å². The first-order chi connectivity index (χ1) is 9.97. The smallest absolute Gasteiger partial charge is 0.287 e. The number of nitrogens with one attached hydrogen (secondary N) is 2. The predicted octanol–water partition coefficient (Wildman–Crippen LogP) is 0.322. The molecule has 1 aromatic carbocycles. The van der Waals surface area contributed by atoms with Crippen molar-refractivity contribution in [1.82, 2.24) is 20.6 Å². The maximum absolute atomic E-state index is 11.8. The Kier molecular flexibility index (Phi) is 4.13. The molecule has 0 bridgehead atoms. The molecule has 108 valence electrons. The third-order valence-electron chi connectivity index (χ3n) is 2.67. The summed E-state index contributed by atoms with van der Waals surface area (Å²) in [6.07, 6.45) is 1.47. The second kappa shape index (κ2) is 6.00. The summed E-state index contributed by atoms with van der Waals surface area (Å²) < 4.78 is 1.42. The zero-order valence-electron chi connectivity index (χ0n) is 11.6. The zero-order chi connectivity index (χ0) is 15.4. The number of rotatable bonds is 2. The first kappa shape index (κ1) is 14.4. The van der Waals surface area contributed by atoms with E-state index in [1.165, 1.54) is 23.9 Å². The van der Waals surface area contributed by atoms with Crippen LogP contribution in [0.25, 0.3) is 5.69 Å². The van der Waals surface area contributed by atoms with Gasteiger partial charge in [-0.25, -0.2) is 4.68 Å². The molecule has 0 unspecified atom stereocenters. The summed E-state index contributed by atoms with van der Waals surface area (Å²) in [7, 11) is 0. The summed E-state index contributed by atoms with van der Waals surface area (Å²) in [6.45, 7) is 3.19. The van der Waals surface area contributed by atoms with Gasteiger partial charge in [-0.1, -0.05) is 17.7 Å². The van der Waals surface area contributed by atoms with Crippen LogP contribution in [-0.2, 0) is 4.79 Å². The third kappa shape index (κ3) is 3.53. The van der Waals surface area contributed by atoms with E-state index in [-0.39, 0.29) is 5.69 Å². The van der Waals surface area contributed by atoms with Crippen molar-refractivity contribution in [2.24, 2.45) is 0 Å². The first-order valence-electron chi connectivity index (χ1n) is 6.21. The van der Waals surface area contributed by atoms with Crippen molar-refractivity contribution < 1.29 is 9.59 Å². The molecule has 2 N–H and O–H groups in total. The van der Waals surface area contributed by atoms with Crippen LogP contribution in [0.15, 0.2) is 41.3 Å². The van der Waals surface area contributed by atoms with E-state index in [1.807, 2.05) is 31.2 Å². The van der Waals surface area contributed by atoms with Crippen LogP contribution in [-0.4, -0.2) is 21.6 Å². The van der Waals surface area contributed by atoms with E-state index in [9.17, 15) is 14.4 Å². The first-order valence-corrected chi connectivity index (χ1v) is 6.21. The standard InChI is InChI=1S/C14H14N4O3/c1-9-3-5-11(6-4-9)18-8-7-12(20)13(17-18)14(21)16-15-10(2)19/h3-8H,1-2H3,(H,15,19)(H,16,21). The van der Waals surface area contributed by atoms with Gasteiger partial charge in [-0.15, -0.1) is 0 Å². The lowest BCUT2D eigenvalue weighted by Gasteiger charge is -2.08. The second-order valence-corrected chi connectivity index (χ2v) is 4.44. The van der Waals surface area contributed by atoms with E-state index in [2.05, 4.69) is 16.0 Å². The number of aromatic nitrogens is 2. The van der Waals surface area contributed by atoms with E-state index in [1.54, 1.807) is 0 Å². The van der Waals surface area contributed by atoms with Gasteiger partial charge in [0, 0.05) is 19.2 Å². The average Bonchev–Trinajstić information content (AvgIpc) is 2.46. The van der Waals surface area contributed by atoms with Crippen LogP contribution in [0.2, 0.25) is 0 Å². The summed E-state index contributed by atoms with van der Waals surface area (Å²) in [5.41, 5.74) is 5.20. The number of benzene rings is 1. The van der Waals surface area contributed by atoms with Gasteiger partial charge in [-0.3, -0.25) is 25.2 Å². The maximum atomic E-state index is 11.8. The fourth-order valence-electron chi connectivity index (χ4n) is 1.61. The van der Waals surface area contributed by atoms with E-state index in [0.29, 0.717) is 5.69 Å². The van der Waals surface area contributed by atoms with E-state index >= 15 is 0 Å². The molecule has 0 radical (unpaired) electrons. The molecule has 2 amide bonds. The lowest BCUT2D eigenvalue weighted by Crippen LogP contribution is -2.42. The highest BCUT2D eigenvalue weighted by Crippen LogP contribution is 2.07. The molecule has 0 spiro atoms. The Labute approximate surface area is 120 Å². The number of amides is 2. The van der Waals surface area contributed by atoms with Crippen LogP contribution >= 0.6 is 0 Å². The minimum Gasteiger partial charge on any atom is -0.287 e. The van der Waals surface area contributed by atoms with E-state index in [4.69, 9.17) is 0 Å². The Bertz CT molecular complexity index is 735. The highest BCUT2D eigenvalue weighted by molar-refractivity contribution is 5.93. The Morgan fingerprint density at radius 3 is 2.38 bits per heavy atom. The number of hydrazine groups is 1. The van der Waals surface area contributed by atoms with Gasteiger partial charge in [0.1, 0.15) is 0 Å². The SMILES string of the molecule is CC(=O)NNC(=O)c1nn(-c2ccc(C)cc2)ccc1=O. The number of hydrogen-bond donors (Lipinski definition) is 2. The van der Waals surface area contributed by atoms with Crippen LogP contribution in [0.4, 0.5) is 0 Å². The Morgan fingerprint density at radius 2 is 1.76 bits per heavy atom. The molecule has 0 aliphatic rings. The molecule has 0 fully saturated rings. The molecule has 2 aromatic rings. The molecule has 0 saturated carbocycles. The molecule has 7 nitrogen and oxygen atoms in total. The van der Waals surface area contributed by atoms with Gasteiger partial charge in [-0.2, -0.15) is 5.10 Å². The van der Waals surface area contributed by atoms with Crippen molar-refractivity contribution in [3.63, 3.8) is 0 Å². The summed E-state index contributed by atoms with van der Waals surface area (Å²) in [6, 6.07) is 8.68. The van der Waals surface area contributed by atoms with Gasteiger partial charge < -0.3 is 0 Å². The zero-order valence-corrected chi connectivity index (χ0v) is 11.6. The van der Waals surface area contributed by atoms with Gasteiger partial charge in [-0.05, 0) is 19.1 Å². The lowest BCUT2D eigenvalue weighted by molar-refractivity contribution is -0.119. The van der Waals surface area contributed by atoms with Crippen molar-refractivity contribution in [3.05, 3.63) is 58.0 Å². The average molecular weight is 286 g/mol. The predicted molar refractivity (Wildman–Crippen MR) is 75.9 cm³/mol. The van der Waals surface area contributed by atoms with Gasteiger partial charge >= 0.3 is 0 Å². The van der Waals surface area contributed by atoms with Crippen LogP contribution in [0.3, 0.4) is 0 Å². The Hall–Kier alpha value is -2.96. The van der Waals surface area contributed by atoms with Crippen molar-refractivity contribution in [2.75, 3.05) is 0 Å². The normalized spacial score (nSPS) is 10.0. The van der Waals surface area contributed by atoms with Crippen molar-refractivity contribution in [2.45, 2.75) is 13.8 Å². The number of carbonyl (C=O) groups excluding carboxylic acids is 2. The minimum atomic E-state index is -0.767. The topological polar surface area (TPSA) is 93.1 Å². The molecular weight excluding hydrogens is 272 g/mol. The van der Waals surface area contributed by atoms with Gasteiger partial charge in [0.25, 0.3) is 5.91 Å². The molecule has 2 rings (SSSR count). The number of carbonyl (C=O) groups is 2. The summed E-state index contributed by atoms with van der Waals surface area (Å²) >= 11 is 0. The van der Waals surface area contributed by atoms with Crippen molar-refractivity contribution in [3.8, 4) is 5.69 Å². The quantitative estimate of drug-likeness (QED) is 0.778. The Balaban J connectivity index is 2.33. The largest absolute Gasteiger partial charge is 0.294 e. The van der Waals surface area contributed by atoms with Gasteiger partial charge in [0.05, 0.1) is 5.69 Å². The van der Waals surface area contributed by atoms with Gasteiger partial charge in [0.2, 0.25) is 11.3 Å². The van der Waals surface area contributed by atoms with E-state index in [0.717, 1.165) is 5.56 Å². The van der Waals surface area contributed by atoms with E-state index < -0.39 is 17.2 Å². The van der Waals surface area contributed by atoms with Crippen LogP contribution < -0.4 is 16.3 Å². The summed E-state index contributed by atoms with van der Waals surface area (Å²) in [5, 5.41) is 3.99. The summed E-state index contributed by atoms with van der Waals surface area (Å²) in [4.78, 5) is 34.3. The lowest BCUT2D eigenvalue weighted by atomic mass is 10.2. The fourth-order valence-corrected chi connectivity index (χ4v) is 1.61. The van der Waals surface area contributed by atoms with Crippen LogP contribution in [0.5, 0.6) is 0 Å². The molecule has 0 atom stereocenters. The maximum Gasteiger partial charge on any atom is 0.294 e. The molecule has 0 saturated heterocycles.